The summed E-state index contributed by atoms with van der Waals surface area (Å²) in [5.74, 6) is 1.04. The van der Waals surface area contributed by atoms with Crippen LogP contribution in [0.1, 0.15) is 5.56 Å². The molecule has 0 aliphatic heterocycles. The van der Waals surface area contributed by atoms with Crippen LogP contribution < -0.4 is 15.4 Å². The van der Waals surface area contributed by atoms with E-state index in [4.69, 9.17) is 10.5 Å². The summed E-state index contributed by atoms with van der Waals surface area (Å²) in [6.07, 6.45) is 0. The molecule has 4 heteroatoms. The summed E-state index contributed by atoms with van der Waals surface area (Å²) < 4.78 is 5.25. The molecule has 0 aliphatic rings. The van der Waals surface area contributed by atoms with E-state index in [-0.39, 0.29) is 5.75 Å². The zero-order valence-corrected chi connectivity index (χ0v) is 11.1. The molecule has 0 radical (unpaired) electrons. The highest BCUT2D eigenvalue weighted by Gasteiger charge is 2.10. The van der Waals surface area contributed by atoms with E-state index in [1.54, 1.807) is 19.2 Å². The van der Waals surface area contributed by atoms with Crippen LogP contribution in [0.15, 0.2) is 42.5 Å². The summed E-state index contributed by atoms with van der Waals surface area (Å²) in [6.45, 7) is 0.460. The van der Waals surface area contributed by atoms with Crippen LogP contribution in [0.2, 0.25) is 0 Å². The van der Waals surface area contributed by atoms with Gasteiger partial charge >= 0.3 is 0 Å². The minimum atomic E-state index is 0.252. The second-order valence-electron chi connectivity index (χ2n) is 4.27. The summed E-state index contributed by atoms with van der Waals surface area (Å²) >= 11 is 0. The Hall–Kier alpha value is -2.20. The van der Waals surface area contributed by atoms with E-state index < -0.39 is 0 Å². The van der Waals surface area contributed by atoms with Gasteiger partial charge in [-0.2, -0.15) is 0 Å². The van der Waals surface area contributed by atoms with Crippen molar-refractivity contribution in [3.63, 3.8) is 0 Å². The third-order valence-electron chi connectivity index (χ3n) is 3.11. The number of hydrogen-bond donors (Lipinski definition) is 2. The lowest BCUT2D eigenvalue weighted by atomic mass is 10.1. The highest BCUT2D eigenvalue weighted by atomic mass is 16.5. The summed E-state index contributed by atoms with van der Waals surface area (Å²) in [5, 5.41) is 9.33. The van der Waals surface area contributed by atoms with E-state index in [0.29, 0.717) is 6.54 Å². The molecule has 2 aromatic rings. The van der Waals surface area contributed by atoms with E-state index in [1.807, 2.05) is 42.3 Å². The number of nitrogens with zero attached hydrogens (tertiary/aromatic N) is 1. The number of nitrogens with two attached hydrogens (primary N) is 1. The van der Waals surface area contributed by atoms with Gasteiger partial charge in [0.15, 0.2) is 0 Å². The first-order chi connectivity index (χ1) is 9.15. The van der Waals surface area contributed by atoms with Crippen molar-refractivity contribution < 1.29 is 9.84 Å². The highest BCUT2D eigenvalue weighted by Crippen LogP contribution is 2.31. The van der Waals surface area contributed by atoms with Gasteiger partial charge in [-0.05, 0) is 35.9 Å². The van der Waals surface area contributed by atoms with Gasteiger partial charge in [-0.3, -0.25) is 0 Å². The van der Waals surface area contributed by atoms with E-state index in [2.05, 4.69) is 0 Å². The summed E-state index contributed by atoms with van der Waals surface area (Å²) in [7, 11) is 3.60. The molecular weight excluding hydrogens is 240 g/mol. The van der Waals surface area contributed by atoms with Crippen molar-refractivity contribution in [2.75, 3.05) is 19.1 Å². The maximum Gasteiger partial charge on any atom is 0.120 e. The van der Waals surface area contributed by atoms with Crippen molar-refractivity contribution in [1.82, 2.24) is 0 Å². The van der Waals surface area contributed by atoms with Crippen molar-refractivity contribution in [3.05, 3.63) is 48.0 Å². The molecule has 2 aromatic carbocycles. The lowest BCUT2D eigenvalue weighted by Crippen LogP contribution is -2.13. The lowest BCUT2D eigenvalue weighted by molar-refractivity contribution is 0.415. The van der Waals surface area contributed by atoms with Crippen LogP contribution in [0.25, 0.3) is 0 Å². The zero-order chi connectivity index (χ0) is 13.8. The fraction of sp³-hybridized carbons (Fsp3) is 0.200. The first-order valence-electron chi connectivity index (χ1n) is 6.05. The average molecular weight is 258 g/mol. The van der Waals surface area contributed by atoms with Gasteiger partial charge in [-0.15, -0.1) is 0 Å². The lowest BCUT2D eigenvalue weighted by Gasteiger charge is -2.23. The first-order valence-corrected chi connectivity index (χ1v) is 6.05. The van der Waals surface area contributed by atoms with Crippen LogP contribution in [-0.4, -0.2) is 19.3 Å². The molecule has 100 valence electrons. The van der Waals surface area contributed by atoms with Crippen LogP contribution in [0.3, 0.4) is 0 Å². The zero-order valence-electron chi connectivity index (χ0n) is 11.1. The summed E-state index contributed by atoms with van der Waals surface area (Å²) in [6, 6.07) is 12.9. The highest BCUT2D eigenvalue weighted by molar-refractivity contribution is 5.67. The maximum atomic E-state index is 9.33. The predicted molar refractivity (Wildman–Crippen MR) is 77.1 cm³/mol. The van der Waals surface area contributed by atoms with Crippen LogP contribution in [0, 0.1) is 0 Å². The number of phenolic OH excluding ortho intramolecular Hbond substituents is 1. The van der Waals surface area contributed by atoms with Gasteiger partial charge in [0, 0.05) is 31.0 Å². The Balaban J connectivity index is 2.41. The van der Waals surface area contributed by atoms with Crippen LogP contribution in [-0.2, 0) is 6.54 Å². The smallest absolute Gasteiger partial charge is 0.120 e. The summed E-state index contributed by atoms with van der Waals surface area (Å²) in [4.78, 5) is 2.02. The summed E-state index contributed by atoms with van der Waals surface area (Å²) in [5.41, 5.74) is 8.78. The molecule has 4 nitrogen and oxygen atoms in total. The van der Waals surface area contributed by atoms with Crippen molar-refractivity contribution in [2.24, 2.45) is 5.73 Å². The van der Waals surface area contributed by atoms with Gasteiger partial charge in [0.1, 0.15) is 11.5 Å². The Morgan fingerprint density at radius 1 is 1.16 bits per heavy atom. The molecule has 2 rings (SSSR count). The second kappa shape index (κ2) is 5.63. The predicted octanol–water partition coefficient (Wildman–Crippen LogP) is 2.63. The molecule has 0 atom stereocenters. The molecule has 19 heavy (non-hydrogen) atoms. The first kappa shape index (κ1) is 13.2. The molecule has 3 N–H and O–H groups in total. The van der Waals surface area contributed by atoms with Gasteiger partial charge in [-0.1, -0.05) is 6.07 Å². The monoisotopic (exact) mass is 258 g/mol. The molecule has 0 aliphatic carbocycles. The molecule has 0 heterocycles. The number of benzene rings is 2. The van der Waals surface area contributed by atoms with Gasteiger partial charge in [-0.25, -0.2) is 0 Å². The molecule has 0 saturated heterocycles. The van der Waals surface area contributed by atoms with Gasteiger partial charge in [0.05, 0.1) is 7.11 Å². The van der Waals surface area contributed by atoms with Gasteiger partial charge < -0.3 is 20.5 Å². The van der Waals surface area contributed by atoms with Crippen LogP contribution in [0.4, 0.5) is 11.4 Å². The molecule has 0 saturated carbocycles. The van der Waals surface area contributed by atoms with Gasteiger partial charge in [0.2, 0.25) is 0 Å². The number of methoxy groups -OCH3 is 1. The maximum absolute atomic E-state index is 9.33. The van der Waals surface area contributed by atoms with E-state index in [0.717, 1.165) is 22.7 Å². The Morgan fingerprint density at radius 3 is 2.42 bits per heavy atom. The van der Waals surface area contributed by atoms with Crippen molar-refractivity contribution in [3.8, 4) is 11.5 Å². The Labute approximate surface area is 113 Å². The third-order valence-corrected chi connectivity index (χ3v) is 3.11. The topological polar surface area (TPSA) is 58.7 Å². The normalized spacial score (nSPS) is 10.3. The quantitative estimate of drug-likeness (QED) is 0.885. The van der Waals surface area contributed by atoms with E-state index in [1.165, 1.54) is 0 Å². The average Bonchev–Trinajstić information content (AvgIpc) is 2.46. The standard InChI is InChI=1S/C15H18N2O2/c1-17(12-4-6-13(18)7-5-12)15-9-14(19-2)8-3-11(15)10-16/h3-9,18H,10,16H2,1-2H3. The molecule has 0 amide bonds. The number of phenols is 1. The molecule has 0 bridgehead atoms. The van der Waals surface area contributed by atoms with Crippen molar-refractivity contribution in [1.29, 1.82) is 0 Å². The van der Waals surface area contributed by atoms with Gasteiger partial charge in [0.25, 0.3) is 0 Å². The Bertz CT molecular complexity index is 553. The number of aromatic hydroxyl groups is 1. The van der Waals surface area contributed by atoms with Crippen LogP contribution in [0.5, 0.6) is 11.5 Å². The van der Waals surface area contributed by atoms with Crippen molar-refractivity contribution in [2.45, 2.75) is 6.54 Å². The minimum Gasteiger partial charge on any atom is -0.508 e. The SMILES string of the molecule is COc1ccc(CN)c(N(C)c2ccc(O)cc2)c1. The van der Waals surface area contributed by atoms with Crippen LogP contribution >= 0.6 is 0 Å². The number of rotatable bonds is 4. The minimum absolute atomic E-state index is 0.252. The fourth-order valence-corrected chi connectivity index (χ4v) is 1.97. The number of anilines is 2. The molecule has 0 aromatic heterocycles. The number of hydrogen-bond acceptors (Lipinski definition) is 4. The molecular formula is C15H18N2O2. The third kappa shape index (κ3) is 2.80. The largest absolute Gasteiger partial charge is 0.508 e. The fourth-order valence-electron chi connectivity index (χ4n) is 1.97. The van der Waals surface area contributed by atoms with Crippen molar-refractivity contribution >= 4 is 11.4 Å². The van der Waals surface area contributed by atoms with E-state index in [9.17, 15) is 5.11 Å². The molecule has 0 unspecified atom stereocenters. The number of ether oxygens (including phenoxy) is 1. The molecule has 0 fully saturated rings. The Morgan fingerprint density at radius 2 is 1.84 bits per heavy atom. The molecule has 0 spiro atoms. The Kier molecular flexibility index (Phi) is 3.92. The van der Waals surface area contributed by atoms with E-state index >= 15 is 0 Å². The second-order valence-corrected chi connectivity index (χ2v) is 4.27.